The highest BCUT2D eigenvalue weighted by atomic mass is 32.1. The van der Waals surface area contributed by atoms with Gasteiger partial charge >= 0.3 is 0 Å². The molecule has 2 aromatic heterocycles. The summed E-state index contributed by atoms with van der Waals surface area (Å²) < 4.78 is 28.5. The van der Waals surface area contributed by atoms with Crippen LogP contribution in [0.1, 0.15) is 5.69 Å². The van der Waals surface area contributed by atoms with Crippen molar-refractivity contribution < 1.29 is 13.6 Å². The number of imidazole rings is 1. The van der Waals surface area contributed by atoms with Crippen molar-refractivity contribution in [2.75, 3.05) is 5.32 Å². The molecule has 1 amide bonds. The number of carbonyl (C=O) groups excluding carboxylic acids is 1. The molecule has 4 aromatic rings. The lowest BCUT2D eigenvalue weighted by atomic mass is 10.2. The summed E-state index contributed by atoms with van der Waals surface area (Å²) in [6.45, 7) is 0. The molecule has 0 unspecified atom stereocenters. The van der Waals surface area contributed by atoms with Gasteiger partial charge in [0.05, 0.1) is 17.8 Å². The average Bonchev–Trinajstić information content (AvgIpc) is 3.20. The van der Waals surface area contributed by atoms with Gasteiger partial charge < -0.3 is 5.32 Å². The van der Waals surface area contributed by atoms with Gasteiger partial charge in [-0.1, -0.05) is 30.3 Å². The molecule has 130 valence electrons. The summed E-state index contributed by atoms with van der Waals surface area (Å²) in [7, 11) is 0. The minimum Gasteiger partial charge on any atom is -0.323 e. The van der Waals surface area contributed by atoms with Gasteiger partial charge in [-0.15, -0.1) is 11.3 Å². The van der Waals surface area contributed by atoms with E-state index in [1.54, 1.807) is 0 Å². The summed E-state index contributed by atoms with van der Waals surface area (Å²) >= 11 is 1.43. The number of hydrogen-bond donors (Lipinski definition) is 1. The fourth-order valence-electron chi connectivity index (χ4n) is 2.65. The fraction of sp³-hybridized carbons (Fsp3) is 0.0526. The highest BCUT2D eigenvalue weighted by molar-refractivity contribution is 7.15. The summed E-state index contributed by atoms with van der Waals surface area (Å²) in [6.07, 6.45) is 1.93. The van der Waals surface area contributed by atoms with Crippen molar-refractivity contribution in [1.29, 1.82) is 0 Å². The van der Waals surface area contributed by atoms with Crippen LogP contribution in [0, 0.1) is 11.6 Å². The Labute approximate surface area is 151 Å². The molecule has 0 radical (unpaired) electrons. The number of nitrogens with zero attached hydrogens (tertiary/aromatic N) is 2. The number of thiazole rings is 1. The van der Waals surface area contributed by atoms with Crippen molar-refractivity contribution in [3.63, 3.8) is 0 Å². The van der Waals surface area contributed by atoms with Crippen LogP contribution in [0.15, 0.2) is 60.1 Å². The highest BCUT2D eigenvalue weighted by Gasteiger charge is 2.14. The molecule has 4 nitrogen and oxygen atoms in total. The van der Waals surface area contributed by atoms with Gasteiger partial charge in [0.2, 0.25) is 5.91 Å². The zero-order valence-corrected chi connectivity index (χ0v) is 14.3. The van der Waals surface area contributed by atoms with Gasteiger partial charge in [-0.05, 0) is 12.1 Å². The topological polar surface area (TPSA) is 46.4 Å². The van der Waals surface area contributed by atoms with Crippen LogP contribution in [0.25, 0.3) is 16.2 Å². The van der Waals surface area contributed by atoms with Gasteiger partial charge in [0.1, 0.15) is 11.6 Å². The molecular weight excluding hydrogens is 356 g/mol. The van der Waals surface area contributed by atoms with E-state index in [9.17, 15) is 13.6 Å². The van der Waals surface area contributed by atoms with E-state index in [0.29, 0.717) is 0 Å². The molecule has 0 aliphatic rings. The molecule has 0 saturated heterocycles. The molecule has 0 aliphatic heterocycles. The smallest absolute Gasteiger partial charge is 0.230 e. The summed E-state index contributed by atoms with van der Waals surface area (Å²) in [5.41, 5.74) is 2.52. The lowest BCUT2D eigenvalue weighted by Gasteiger charge is -2.06. The first-order chi connectivity index (χ1) is 12.6. The molecule has 26 heavy (non-hydrogen) atoms. The first-order valence-electron chi connectivity index (χ1n) is 7.86. The summed E-state index contributed by atoms with van der Waals surface area (Å²) in [4.78, 5) is 17.6. The van der Waals surface area contributed by atoms with Gasteiger partial charge in [-0.25, -0.2) is 13.8 Å². The van der Waals surface area contributed by atoms with Crippen LogP contribution in [-0.2, 0) is 11.2 Å². The van der Waals surface area contributed by atoms with Crippen LogP contribution in [0.5, 0.6) is 0 Å². The van der Waals surface area contributed by atoms with Crippen LogP contribution < -0.4 is 5.32 Å². The van der Waals surface area contributed by atoms with Crippen molar-refractivity contribution in [1.82, 2.24) is 9.38 Å². The molecule has 2 heterocycles. The number of hydrogen-bond acceptors (Lipinski definition) is 3. The number of aromatic nitrogens is 2. The molecule has 7 heteroatoms. The quantitative estimate of drug-likeness (QED) is 0.575. The van der Waals surface area contributed by atoms with Crippen molar-refractivity contribution in [3.8, 4) is 11.3 Å². The minimum absolute atomic E-state index is 0.0431. The normalized spacial score (nSPS) is 11.0. The van der Waals surface area contributed by atoms with E-state index in [1.165, 1.54) is 17.4 Å². The molecular formula is C19H13F2N3OS. The Morgan fingerprint density at radius 3 is 2.73 bits per heavy atom. The fourth-order valence-corrected chi connectivity index (χ4v) is 3.53. The second-order valence-electron chi connectivity index (χ2n) is 5.72. The average molecular weight is 369 g/mol. The van der Waals surface area contributed by atoms with Gasteiger partial charge in [0.25, 0.3) is 0 Å². The molecule has 0 bridgehead atoms. The third-order valence-corrected chi connectivity index (χ3v) is 4.79. The minimum atomic E-state index is -0.803. The number of fused-ring (bicyclic) bond motifs is 1. The van der Waals surface area contributed by atoms with E-state index in [4.69, 9.17) is 0 Å². The van der Waals surface area contributed by atoms with Gasteiger partial charge in [-0.3, -0.25) is 9.20 Å². The van der Waals surface area contributed by atoms with Crippen LogP contribution >= 0.6 is 11.3 Å². The van der Waals surface area contributed by atoms with Crippen LogP contribution in [0.2, 0.25) is 0 Å². The maximum Gasteiger partial charge on any atom is 0.230 e. The zero-order chi connectivity index (χ0) is 18.1. The Kier molecular flexibility index (Phi) is 4.22. The maximum atomic E-state index is 13.7. The van der Waals surface area contributed by atoms with Gasteiger partial charge in [0, 0.05) is 28.9 Å². The van der Waals surface area contributed by atoms with E-state index >= 15 is 0 Å². The molecule has 0 atom stereocenters. The SMILES string of the molecule is O=C(Cc1csc2nc(-c3ccccc3)cn12)Nc1ccc(F)cc1F. The van der Waals surface area contributed by atoms with E-state index in [1.807, 2.05) is 46.3 Å². The van der Waals surface area contributed by atoms with Crippen molar-refractivity contribution in [2.45, 2.75) is 6.42 Å². The molecule has 0 fully saturated rings. The molecule has 1 N–H and O–H groups in total. The second-order valence-corrected chi connectivity index (χ2v) is 6.56. The monoisotopic (exact) mass is 369 g/mol. The van der Waals surface area contributed by atoms with Crippen LogP contribution in [0.3, 0.4) is 0 Å². The van der Waals surface area contributed by atoms with Crippen molar-refractivity contribution in [3.05, 3.63) is 77.4 Å². The third kappa shape index (κ3) is 3.21. The lowest BCUT2D eigenvalue weighted by molar-refractivity contribution is -0.115. The van der Waals surface area contributed by atoms with Crippen LogP contribution in [-0.4, -0.2) is 15.3 Å². The van der Waals surface area contributed by atoms with Gasteiger partial charge in [-0.2, -0.15) is 0 Å². The number of benzene rings is 2. The first kappa shape index (κ1) is 16.4. The summed E-state index contributed by atoms with van der Waals surface area (Å²) in [5, 5.41) is 4.31. The standard InChI is InChI=1S/C19H13F2N3OS/c20-13-6-7-16(15(21)8-13)22-18(25)9-14-11-26-19-23-17(10-24(14)19)12-4-2-1-3-5-12/h1-8,10-11H,9H2,(H,22,25). The van der Waals surface area contributed by atoms with Crippen molar-refractivity contribution >= 4 is 27.9 Å². The Morgan fingerprint density at radius 2 is 1.96 bits per heavy atom. The second kappa shape index (κ2) is 6.68. The molecule has 2 aromatic carbocycles. The number of anilines is 1. The Bertz CT molecular complexity index is 1090. The molecule has 4 rings (SSSR count). The largest absolute Gasteiger partial charge is 0.323 e. The lowest BCUT2D eigenvalue weighted by Crippen LogP contribution is -2.16. The number of rotatable bonds is 4. The van der Waals surface area contributed by atoms with Gasteiger partial charge in [0.15, 0.2) is 4.96 Å². The predicted octanol–water partition coefficient (Wildman–Crippen LogP) is 4.52. The number of halogens is 2. The molecule has 0 spiro atoms. The summed E-state index contributed by atoms with van der Waals surface area (Å²) in [6, 6.07) is 12.8. The summed E-state index contributed by atoms with van der Waals surface area (Å²) in [5.74, 6) is -1.88. The Morgan fingerprint density at radius 1 is 1.15 bits per heavy atom. The number of amides is 1. The predicted molar refractivity (Wildman–Crippen MR) is 97.2 cm³/mol. The van der Waals surface area contributed by atoms with Crippen molar-refractivity contribution in [2.24, 2.45) is 0 Å². The van der Waals surface area contributed by atoms with Crippen LogP contribution in [0.4, 0.5) is 14.5 Å². The van der Waals surface area contributed by atoms with E-state index in [2.05, 4.69) is 10.3 Å². The first-order valence-corrected chi connectivity index (χ1v) is 8.74. The third-order valence-electron chi connectivity index (χ3n) is 3.90. The number of carbonyl (C=O) groups is 1. The Balaban J connectivity index is 1.55. The van der Waals surface area contributed by atoms with E-state index < -0.39 is 11.6 Å². The number of nitrogens with one attached hydrogen (secondary N) is 1. The maximum absolute atomic E-state index is 13.7. The van der Waals surface area contributed by atoms with E-state index in [0.717, 1.165) is 34.0 Å². The van der Waals surface area contributed by atoms with E-state index in [-0.39, 0.29) is 18.0 Å². The highest BCUT2D eigenvalue weighted by Crippen LogP contribution is 2.24. The molecule has 0 aliphatic carbocycles. The Hall–Kier alpha value is -3.06. The molecule has 0 saturated carbocycles. The zero-order valence-electron chi connectivity index (χ0n) is 13.4.